The summed E-state index contributed by atoms with van der Waals surface area (Å²) in [6, 6.07) is 32.9. The second-order valence-corrected chi connectivity index (χ2v) is 17.0. The summed E-state index contributed by atoms with van der Waals surface area (Å²) in [6.07, 6.45) is 9.87. The highest BCUT2D eigenvalue weighted by Gasteiger charge is 2.30. The molecule has 4 aromatic rings. The van der Waals surface area contributed by atoms with E-state index in [4.69, 9.17) is 26.8 Å². The molecule has 0 spiro atoms. The standard InChI is InChI=1S/C27H29N3O4.C20H29ClN2OS/c28-26(31)24-13-7-15-30(24)19-20-8-6-9-21(18-20)29-27(32)23-12-4-5-14-25(23)34-17-16-33-22-10-2-1-3-11-22;1-15-8-10-17(11-9-15)22-25-14-20(24)23-12-4-6-18(23)13-16-5-2-3-7-19(16)21/h1-6,8-12,14,18,24H,7,13,15-17,19H2,(H2,28,31)(H,29,32);2-3,5,7,15,17-18,22H,4,6,8-14H2,1H3. The molecular formula is C47H58ClN5O5S. The molecule has 0 radical (unpaired) electrons. The van der Waals surface area contributed by atoms with Gasteiger partial charge in [0.05, 0.1) is 17.4 Å². The number of benzene rings is 4. The fourth-order valence-electron chi connectivity index (χ4n) is 8.10. The number of rotatable bonds is 16. The lowest BCUT2D eigenvalue weighted by Gasteiger charge is -2.28. The average Bonchev–Trinajstić information content (AvgIpc) is 3.92. The monoisotopic (exact) mass is 839 g/mol. The van der Waals surface area contributed by atoms with Crippen LogP contribution < -0.4 is 25.2 Å². The number of likely N-dealkylation sites (tertiary alicyclic amines) is 2. The Labute approximate surface area is 358 Å². The molecule has 0 bridgehead atoms. The molecule has 12 heteroatoms. The number of nitrogens with zero attached hydrogens (tertiary/aromatic N) is 2. The van der Waals surface area contributed by atoms with Crippen LogP contribution in [-0.2, 0) is 22.6 Å². The lowest BCUT2D eigenvalue weighted by molar-refractivity contribution is -0.129. The van der Waals surface area contributed by atoms with Crippen molar-refractivity contribution in [1.82, 2.24) is 14.5 Å². The summed E-state index contributed by atoms with van der Waals surface area (Å²) in [5.74, 6) is 2.38. The number of nitrogens with one attached hydrogen (secondary N) is 2. The van der Waals surface area contributed by atoms with Crippen molar-refractivity contribution >= 4 is 47.0 Å². The quantitative estimate of drug-likeness (QED) is 0.0758. The van der Waals surface area contributed by atoms with Crippen LogP contribution in [0.3, 0.4) is 0 Å². The topological polar surface area (TPSA) is 126 Å². The summed E-state index contributed by atoms with van der Waals surface area (Å²) in [5.41, 5.74) is 8.81. The molecule has 314 valence electrons. The van der Waals surface area contributed by atoms with Crippen molar-refractivity contribution in [2.75, 3.05) is 37.4 Å². The lowest BCUT2D eigenvalue weighted by Crippen LogP contribution is -2.39. The fraction of sp³-hybridized carbons (Fsp3) is 0.426. The molecular weight excluding hydrogens is 782 g/mol. The van der Waals surface area contributed by atoms with E-state index >= 15 is 0 Å². The minimum atomic E-state index is -0.285. The maximum absolute atomic E-state index is 13.0. The van der Waals surface area contributed by atoms with Gasteiger partial charge < -0.3 is 25.4 Å². The van der Waals surface area contributed by atoms with Crippen molar-refractivity contribution in [2.24, 2.45) is 11.7 Å². The second kappa shape index (κ2) is 22.7. The molecule has 2 aliphatic heterocycles. The summed E-state index contributed by atoms with van der Waals surface area (Å²) in [7, 11) is 0. The largest absolute Gasteiger partial charge is 0.490 e. The number of para-hydroxylation sites is 2. The summed E-state index contributed by atoms with van der Waals surface area (Å²) >= 11 is 7.89. The highest BCUT2D eigenvalue weighted by Crippen LogP contribution is 2.28. The van der Waals surface area contributed by atoms with Gasteiger partial charge in [0, 0.05) is 35.9 Å². The van der Waals surface area contributed by atoms with Crippen molar-refractivity contribution in [3.05, 3.63) is 125 Å². The van der Waals surface area contributed by atoms with Crippen LogP contribution in [0, 0.1) is 5.92 Å². The van der Waals surface area contributed by atoms with E-state index in [1.807, 2.05) is 78.9 Å². The van der Waals surface area contributed by atoms with Gasteiger partial charge in [-0.2, -0.15) is 0 Å². The van der Waals surface area contributed by atoms with Gasteiger partial charge in [-0.15, -0.1) is 0 Å². The Morgan fingerprint density at radius 1 is 0.814 bits per heavy atom. The van der Waals surface area contributed by atoms with Crippen LogP contribution >= 0.6 is 23.5 Å². The Balaban J connectivity index is 0.000000208. The Kier molecular flexibility index (Phi) is 16.9. The first kappa shape index (κ1) is 44.0. The fourth-order valence-corrected chi connectivity index (χ4v) is 9.16. The molecule has 3 aliphatic rings. The van der Waals surface area contributed by atoms with Crippen molar-refractivity contribution in [2.45, 2.75) is 89.4 Å². The maximum atomic E-state index is 13.0. The third kappa shape index (κ3) is 13.5. The zero-order valence-electron chi connectivity index (χ0n) is 34.0. The predicted octanol–water partition coefficient (Wildman–Crippen LogP) is 8.54. The third-order valence-electron chi connectivity index (χ3n) is 11.3. The number of amides is 3. The Morgan fingerprint density at radius 2 is 1.54 bits per heavy atom. The second-order valence-electron chi connectivity index (χ2n) is 15.7. The third-order valence-corrected chi connectivity index (χ3v) is 12.6. The van der Waals surface area contributed by atoms with E-state index in [1.54, 1.807) is 30.1 Å². The first-order chi connectivity index (χ1) is 28.7. The van der Waals surface area contributed by atoms with Gasteiger partial charge in [0.25, 0.3) is 5.91 Å². The Bertz CT molecular complexity index is 1960. The number of halogens is 1. The maximum Gasteiger partial charge on any atom is 0.259 e. The van der Waals surface area contributed by atoms with Crippen LogP contribution in [0.2, 0.25) is 5.02 Å². The van der Waals surface area contributed by atoms with E-state index in [1.165, 1.54) is 25.7 Å². The summed E-state index contributed by atoms with van der Waals surface area (Å²) in [6.45, 7) is 5.34. The van der Waals surface area contributed by atoms with E-state index < -0.39 is 0 Å². The summed E-state index contributed by atoms with van der Waals surface area (Å²) in [4.78, 5) is 41.5. The average molecular weight is 841 g/mol. The smallest absolute Gasteiger partial charge is 0.259 e. The van der Waals surface area contributed by atoms with Gasteiger partial charge in [0.2, 0.25) is 11.8 Å². The number of primary amides is 1. The molecule has 1 saturated carbocycles. The Hall–Kier alpha value is -4.55. The number of hydrogen-bond acceptors (Lipinski definition) is 8. The molecule has 7 rings (SSSR count). The van der Waals surface area contributed by atoms with E-state index in [0.29, 0.717) is 54.6 Å². The van der Waals surface area contributed by atoms with Crippen molar-refractivity contribution < 1.29 is 23.9 Å². The number of carbonyl (C=O) groups excluding carboxylic acids is 3. The van der Waals surface area contributed by atoms with Crippen molar-refractivity contribution in [3.8, 4) is 11.5 Å². The van der Waals surface area contributed by atoms with E-state index in [9.17, 15) is 14.4 Å². The van der Waals surface area contributed by atoms with Crippen molar-refractivity contribution in [1.29, 1.82) is 0 Å². The van der Waals surface area contributed by atoms with Crippen LogP contribution in [-0.4, -0.2) is 77.7 Å². The van der Waals surface area contributed by atoms with E-state index in [0.717, 1.165) is 73.0 Å². The Morgan fingerprint density at radius 3 is 2.34 bits per heavy atom. The molecule has 3 fully saturated rings. The molecule has 2 unspecified atom stereocenters. The van der Waals surface area contributed by atoms with Crippen LogP contribution in [0.1, 0.15) is 79.8 Å². The first-order valence-electron chi connectivity index (χ1n) is 21.0. The highest BCUT2D eigenvalue weighted by atomic mass is 35.5. The number of hydrogen-bond donors (Lipinski definition) is 3. The molecule has 0 aromatic heterocycles. The first-order valence-corrected chi connectivity index (χ1v) is 22.3. The summed E-state index contributed by atoms with van der Waals surface area (Å²) < 4.78 is 15.0. The van der Waals surface area contributed by atoms with Gasteiger partial charge >= 0.3 is 0 Å². The molecule has 10 nitrogen and oxygen atoms in total. The molecule has 4 aromatic carbocycles. The van der Waals surface area contributed by atoms with Crippen LogP contribution in [0.15, 0.2) is 103 Å². The zero-order chi connectivity index (χ0) is 41.4. The normalized spacial score (nSPS) is 20.3. The van der Waals surface area contributed by atoms with E-state index in [-0.39, 0.29) is 23.8 Å². The van der Waals surface area contributed by atoms with Gasteiger partial charge in [-0.05, 0) is 124 Å². The highest BCUT2D eigenvalue weighted by molar-refractivity contribution is 7.98. The minimum absolute atomic E-state index is 0.229. The molecule has 2 atom stereocenters. The van der Waals surface area contributed by atoms with Crippen molar-refractivity contribution in [3.63, 3.8) is 0 Å². The number of ether oxygens (including phenoxy) is 2. The molecule has 2 saturated heterocycles. The minimum Gasteiger partial charge on any atom is -0.490 e. The molecule has 4 N–H and O–H groups in total. The molecule has 1 aliphatic carbocycles. The SMILES string of the molecule is CC1CCC(NSCC(=O)N2CCCC2Cc2ccccc2Cl)CC1.NC(=O)C1CCCN1Cc1cccc(NC(=O)c2ccccc2OCCOc2ccccc2)c1. The van der Waals surface area contributed by atoms with Crippen LogP contribution in [0.4, 0.5) is 5.69 Å². The molecule has 3 amide bonds. The van der Waals surface area contributed by atoms with Gasteiger partial charge in [0.1, 0.15) is 24.7 Å². The number of anilines is 1. The van der Waals surface area contributed by atoms with Gasteiger partial charge in [-0.25, -0.2) is 0 Å². The van der Waals surface area contributed by atoms with Gasteiger partial charge in [-0.3, -0.25) is 24.0 Å². The molecule has 59 heavy (non-hydrogen) atoms. The number of carbonyl (C=O) groups is 3. The zero-order valence-corrected chi connectivity index (χ0v) is 35.6. The van der Waals surface area contributed by atoms with Gasteiger partial charge in [0.15, 0.2) is 0 Å². The number of nitrogens with two attached hydrogens (primary N) is 1. The van der Waals surface area contributed by atoms with E-state index in [2.05, 4.69) is 32.8 Å². The summed E-state index contributed by atoms with van der Waals surface area (Å²) in [5, 5.41) is 3.76. The van der Waals surface area contributed by atoms with Crippen LogP contribution in [0.5, 0.6) is 11.5 Å². The van der Waals surface area contributed by atoms with Gasteiger partial charge in [-0.1, -0.05) is 91.1 Å². The predicted molar refractivity (Wildman–Crippen MR) is 238 cm³/mol. The lowest BCUT2D eigenvalue weighted by atomic mass is 9.88. The van der Waals surface area contributed by atoms with Crippen LogP contribution in [0.25, 0.3) is 0 Å². The molecule has 2 heterocycles.